The van der Waals surface area contributed by atoms with E-state index in [1.54, 1.807) is 26.0 Å². The number of rotatable bonds is 8. The van der Waals surface area contributed by atoms with Crippen LogP contribution in [0.5, 0.6) is 0 Å². The van der Waals surface area contributed by atoms with Gasteiger partial charge in [0.2, 0.25) is 0 Å². The minimum atomic E-state index is -4.79. The van der Waals surface area contributed by atoms with Crippen LogP contribution in [0.2, 0.25) is 20.1 Å². The molecule has 2 unspecified atom stereocenters. The normalized spacial score (nSPS) is 25.0. The zero-order valence-electron chi connectivity index (χ0n) is 33.3. The summed E-state index contributed by atoms with van der Waals surface area (Å²) in [4.78, 5) is 34.9. The van der Waals surface area contributed by atoms with Gasteiger partial charge in [-0.15, -0.1) is 0 Å². The van der Waals surface area contributed by atoms with Gasteiger partial charge in [-0.2, -0.15) is 26.3 Å². The highest BCUT2D eigenvalue weighted by molar-refractivity contribution is 7.93. The lowest BCUT2D eigenvalue weighted by Gasteiger charge is -2.29. The second kappa shape index (κ2) is 18.4. The average molecular weight is 1010 g/mol. The van der Waals surface area contributed by atoms with Crippen molar-refractivity contribution < 1.29 is 54.7 Å². The molecule has 0 aromatic heterocycles. The van der Waals surface area contributed by atoms with Gasteiger partial charge >= 0.3 is 12.4 Å². The number of alkyl halides is 6. The van der Waals surface area contributed by atoms with E-state index in [4.69, 9.17) is 56.1 Å². The Morgan fingerprint density at radius 3 is 1.22 bits per heavy atom. The van der Waals surface area contributed by atoms with Gasteiger partial charge in [-0.1, -0.05) is 68.8 Å². The Morgan fingerprint density at radius 1 is 0.609 bits per heavy atom. The van der Waals surface area contributed by atoms with E-state index in [1.807, 2.05) is 0 Å². The van der Waals surface area contributed by atoms with E-state index in [1.165, 1.54) is 36.4 Å². The first-order chi connectivity index (χ1) is 30.0. The molecule has 0 bridgehead atoms. The quantitative estimate of drug-likeness (QED) is 0.133. The number of hydrogen-bond acceptors (Lipinski definition) is 8. The van der Waals surface area contributed by atoms with Crippen LogP contribution in [-0.2, 0) is 43.2 Å². The Labute approximate surface area is 388 Å². The Kier molecular flexibility index (Phi) is 13.8. The highest BCUT2D eigenvalue weighted by Gasteiger charge is 2.63. The van der Waals surface area contributed by atoms with Crippen LogP contribution in [0.1, 0.15) is 66.9 Å². The third kappa shape index (κ3) is 9.94. The van der Waals surface area contributed by atoms with Crippen molar-refractivity contribution in [2.24, 2.45) is 10.3 Å². The fourth-order valence-corrected chi connectivity index (χ4v) is 10.4. The SMILES string of the molecule is Cc1cc(C2=NOC(c3cc(Cl)cc(Cl)c3)(C(F)(F)F)C2)ccc1C(=O)NC1C[S+]([O-])C1.Cc1cc(C2=NOC(c3cc(Cl)cc(Cl)c3)(C(F)(F)F)C2)ccc1C(=O)NC1C[S+]([O-])C1. The van der Waals surface area contributed by atoms with Crippen molar-refractivity contribution in [1.29, 1.82) is 0 Å². The minimum Gasteiger partial charge on any atom is -0.616 e. The van der Waals surface area contributed by atoms with Crippen molar-refractivity contribution in [3.05, 3.63) is 137 Å². The summed E-state index contributed by atoms with van der Waals surface area (Å²) in [6, 6.07) is 16.3. The molecule has 2 atom stereocenters. The second-order valence-corrected chi connectivity index (χ2v) is 20.4. The van der Waals surface area contributed by atoms with Crippen molar-refractivity contribution in [2.45, 2.75) is 62.3 Å². The Balaban J connectivity index is 0.000000191. The fraction of sp³-hybridized carbons (Fsp3) is 0.333. The molecule has 4 aromatic rings. The molecule has 2 fully saturated rings. The Morgan fingerprint density at radius 2 is 0.938 bits per heavy atom. The zero-order valence-corrected chi connectivity index (χ0v) is 37.9. The molecule has 4 aliphatic heterocycles. The molecule has 10 nitrogen and oxygen atoms in total. The van der Waals surface area contributed by atoms with Crippen LogP contribution in [0, 0.1) is 13.8 Å². The standard InChI is InChI=1S/2C21H17Cl2F3N2O3S/c2*1-11-4-12(2-3-17(11)19(29)27-16-9-32(30)10-16)18-8-20(31-28-18,21(24,25)26)13-5-14(22)7-15(23)6-13/h2*2-7,16H,8-10H2,1H3,(H,27,29). The number of nitrogens with one attached hydrogen (secondary N) is 2. The molecule has 2 N–H and O–H groups in total. The van der Waals surface area contributed by atoms with Gasteiger partial charge in [-0.3, -0.25) is 9.59 Å². The number of nitrogens with zero attached hydrogens (tertiary/aromatic N) is 2. The highest BCUT2D eigenvalue weighted by atomic mass is 35.5. The summed E-state index contributed by atoms with van der Waals surface area (Å²) < 4.78 is 107. The lowest BCUT2D eigenvalue weighted by molar-refractivity contribution is -0.276. The van der Waals surface area contributed by atoms with E-state index in [0.717, 1.165) is 24.3 Å². The van der Waals surface area contributed by atoms with E-state index in [-0.39, 0.29) is 66.5 Å². The maximum atomic E-state index is 14.1. The van der Waals surface area contributed by atoms with E-state index in [0.29, 0.717) is 56.4 Å². The van der Waals surface area contributed by atoms with Crippen LogP contribution in [0.3, 0.4) is 0 Å². The Bertz CT molecular complexity index is 2340. The molecule has 64 heavy (non-hydrogen) atoms. The maximum absolute atomic E-state index is 14.1. The molecule has 8 rings (SSSR count). The molecule has 340 valence electrons. The highest BCUT2D eigenvalue weighted by Crippen LogP contribution is 2.51. The number of aryl methyl sites for hydroxylation is 2. The summed E-state index contributed by atoms with van der Waals surface area (Å²) in [6.07, 6.45) is -10.7. The lowest BCUT2D eigenvalue weighted by atomic mass is 9.86. The van der Waals surface area contributed by atoms with Crippen LogP contribution in [0.4, 0.5) is 26.3 Å². The van der Waals surface area contributed by atoms with Crippen LogP contribution >= 0.6 is 46.4 Å². The van der Waals surface area contributed by atoms with Crippen LogP contribution in [-0.4, -0.2) is 79.8 Å². The summed E-state index contributed by atoms with van der Waals surface area (Å²) in [5, 5.41) is 13.3. The van der Waals surface area contributed by atoms with Crippen LogP contribution in [0.15, 0.2) is 83.1 Å². The first kappa shape index (κ1) is 48.1. The number of halogens is 10. The molecule has 22 heteroatoms. The summed E-state index contributed by atoms with van der Waals surface area (Å²) in [7, 11) is 0. The number of benzene rings is 4. The number of carbonyl (C=O) groups excluding carboxylic acids is 2. The third-order valence-corrected chi connectivity index (χ3v) is 14.8. The van der Waals surface area contributed by atoms with Gasteiger partial charge in [0, 0.05) is 55.2 Å². The van der Waals surface area contributed by atoms with Crippen LogP contribution < -0.4 is 10.6 Å². The topological polar surface area (TPSA) is 148 Å². The molecule has 2 saturated heterocycles. The average Bonchev–Trinajstić information content (AvgIpc) is 3.84. The molecule has 4 heterocycles. The molecular formula is C42H34Cl4F6N4O6S2. The van der Waals surface area contributed by atoms with Crippen molar-refractivity contribution in [1.82, 2.24) is 10.6 Å². The van der Waals surface area contributed by atoms with E-state index in [2.05, 4.69) is 20.9 Å². The van der Waals surface area contributed by atoms with Gasteiger partial charge in [0.05, 0.1) is 11.4 Å². The van der Waals surface area contributed by atoms with Gasteiger partial charge in [0.15, 0.2) is 0 Å². The second-order valence-electron chi connectivity index (χ2n) is 15.5. The van der Waals surface area contributed by atoms with Crippen LogP contribution in [0.25, 0.3) is 0 Å². The van der Waals surface area contributed by atoms with Gasteiger partial charge in [-0.05, 0) is 119 Å². The molecular weight excluding hydrogens is 976 g/mol. The number of amides is 2. The first-order valence-electron chi connectivity index (χ1n) is 19.1. The Hall–Kier alpha value is -3.88. The third-order valence-electron chi connectivity index (χ3n) is 10.9. The fourth-order valence-electron chi connectivity index (χ4n) is 7.38. The number of hydrogen-bond donors (Lipinski definition) is 2. The van der Waals surface area contributed by atoms with E-state index in [9.17, 15) is 45.0 Å². The number of carbonyl (C=O) groups is 2. The van der Waals surface area contributed by atoms with E-state index >= 15 is 0 Å². The van der Waals surface area contributed by atoms with Gasteiger partial charge in [-0.25, -0.2) is 0 Å². The predicted octanol–water partition coefficient (Wildman–Crippen LogP) is 9.49. The number of oxime groups is 2. The maximum Gasteiger partial charge on any atom is 0.435 e. The molecule has 0 saturated carbocycles. The summed E-state index contributed by atoms with van der Waals surface area (Å²) in [5.74, 6) is 1.04. The van der Waals surface area contributed by atoms with Crippen molar-refractivity contribution in [3.8, 4) is 0 Å². The smallest absolute Gasteiger partial charge is 0.435 e. The largest absolute Gasteiger partial charge is 0.616 e. The molecule has 2 amide bonds. The molecule has 0 radical (unpaired) electrons. The monoisotopic (exact) mass is 1010 g/mol. The molecule has 4 aliphatic rings. The predicted molar refractivity (Wildman–Crippen MR) is 233 cm³/mol. The summed E-state index contributed by atoms with van der Waals surface area (Å²) in [5.41, 5.74) is -3.04. The van der Waals surface area contributed by atoms with Gasteiger partial charge < -0.3 is 29.4 Å². The first-order valence-corrected chi connectivity index (χ1v) is 23.6. The summed E-state index contributed by atoms with van der Waals surface area (Å²) in [6.45, 7) is 3.36. The van der Waals surface area contributed by atoms with Crippen molar-refractivity contribution in [3.63, 3.8) is 0 Å². The molecule has 0 spiro atoms. The van der Waals surface area contributed by atoms with E-state index < -0.39 is 58.7 Å². The molecule has 4 aromatic carbocycles. The lowest BCUT2D eigenvalue weighted by Crippen LogP contribution is -2.53. The van der Waals surface area contributed by atoms with Crippen molar-refractivity contribution in [2.75, 3.05) is 23.0 Å². The van der Waals surface area contributed by atoms with Gasteiger partial charge in [0.1, 0.15) is 35.1 Å². The van der Waals surface area contributed by atoms with Crippen molar-refractivity contribution >= 4 is 92.0 Å². The molecule has 0 aliphatic carbocycles. The van der Waals surface area contributed by atoms with Gasteiger partial charge in [0.25, 0.3) is 23.0 Å². The zero-order chi connectivity index (χ0) is 46.5. The summed E-state index contributed by atoms with van der Waals surface area (Å²) >= 11 is 21.9. The minimum absolute atomic E-state index is 0.0506.